The molecule has 0 unspecified atom stereocenters. The second-order valence-corrected chi connectivity index (χ2v) is 9.43. The van der Waals surface area contributed by atoms with Gasteiger partial charge in [0, 0.05) is 12.5 Å². The highest BCUT2D eigenvalue weighted by molar-refractivity contribution is 5.86. The molecule has 0 spiro atoms. The minimum absolute atomic E-state index is 0.0392. The average molecular weight is 521 g/mol. The Bertz CT molecular complexity index is 1030. The maximum absolute atomic E-state index is 13.2. The number of benzene rings is 2. The van der Waals surface area contributed by atoms with Gasteiger partial charge in [-0.15, -0.1) is 13.2 Å². The quantitative estimate of drug-likeness (QED) is 0.213. The van der Waals surface area contributed by atoms with Crippen molar-refractivity contribution in [3.05, 3.63) is 97.1 Å². The van der Waals surface area contributed by atoms with Crippen molar-refractivity contribution in [2.75, 3.05) is 13.2 Å². The number of hydrogen-bond donors (Lipinski definition) is 3. The van der Waals surface area contributed by atoms with Crippen molar-refractivity contribution in [2.24, 2.45) is 11.8 Å². The van der Waals surface area contributed by atoms with Crippen molar-refractivity contribution in [1.29, 1.82) is 0 Å². The molecule has 0 radical (unpaired) electrons. The average Bonchev–Trinajstić information content (AvgIpc) is 2.93. The topological polar surface area (TPSA) is 105 Å². The lowest BCUT2D eigenvalue weighted by Crippen LogP contribution is -2.41. The highest BCUT2D eigenvalue weighted by Crippen LogP contribution is 2.20. The Balaban J connectivity index is 2.12. The Morgan fingerprint density at radius 3 is 2.21 bits per heavy atom. The maximum atomic E-state index is 13.2. The van der Waals surface area contributed by atoms with Crippen molar-refractivity contribution < 1.29 is 24.2 Å². The standard InChI is InChI=1S/C31H40N2O5/c1-4-6-16-27(19-24-14-9-7-10-15-24)31(37)38-22-28(25-17-11-8-12-18-25)33-30(36)26(13-5-2)20-29(35)32-23(3)21-34/h4-5,7-12,14-15,17-18,23,26-28,34H,1-2,6,13,16,19-22H2,3H3,(H,32,35)(H,33,36)/t23-,26+,27+,28-/m0/s1. The van der Waals surface area contributed by atoms with Gasteiger partial charge in [0.1, 0.15) is 6.61 Å². The zero-order chi connectivity index (χ0) is 27.8. The van der Waals surface area contributed by atoms with E-state index in [0.29, 0.717) is 25.7 Å². The van der Waals surface area contributed by atoms with E-state index in [9.17, 15) is 19.5 Å². The van der Waals surface area contributed by atoms with E-state index in [1.165, 1.54) is 0 Å². The lowest BCUT2D eigenvalue weighted by atomic mass is 9.95. The first-order chi connectivity index (χ1) is 18.4. The molecule has 4 atom stereocenters. The molecule has 0 saturated carbocycles. The van der Waals surface area contributed by atoms with Gasteiger partial charge in [0.25, 0.3) is 0 Å². The molecule has 7 nitrogen and oxygen atoms in total. The number of esters is 1. The summed E-state index contributed by atoms with van der Waals surface area (Å²) >= 11 is 0. The summed E-state index contributed by atoms with van der Waals surface area (Å²) in [6.45, 7) is 8.94. The third-order valence-electron chi connectivity index (χ3n) is 6.22. The van der Waals surface area contributed by atoms with E-state index in [2.05, 4.69) is 23.8 Å². The number of hydrogen-bond acceptors (Lipinski definition) is 5. The van der Waals surface area contributed by atoms with Crippen LogP contribution in [0, 0.1) is 11.8 Å². The van der Waals surface area contributed by atoms with Crippen LogP contribution in [0.5, 0.6) is 0 Å². The number of rotatable bonds is 17. The van der Waals surface area contributed by atoms with Gasteiger partial charge in [-0.1, -0.05) is 72.8 Å². The third-order valence-corrected chi connectivity index (χ3v) is 6.22. The fraction of sp³-hybridized carbons (Fsp3) is 0.387. The number of ether oxygens (including phenoxy) is 1. The molecule has 0 aromatic heterocycles. The highest BCUT2D eigenvalue weighted by atomic mass is 16.5. The molecule has 0 aliphatic heterocycles. The number of amides is 2. The van der Waals surface area contributed by atoms with Crippen LogP contribution in [0.1, 0.15) is 49.8 Å². The van der Waals surface area contributed by atoms with Crippen LogP contribution >= 0.6 is 0 Å². The molecular weight excluding hydrogens is 480 g/mol. The molecule has 2 amide bonds. The Morgan fingerprint density at radius 2 is 1.61 bits per heavy atom. The summed E-state index contributed by atoms with van der Waals surface area (Å²) in [5, 5.41) is 14.8. The first-order valence-corrected chi connectivity index (χ1v) is 13.1. The Kier molecular flexibility index (Phi) is 13.6. The monoisotopic (exact) mass is 520 g/mol. The number of carbonyl (C=O) groups is 3. The molecule has 0 aliphatic carbocycles. The Labute approximate surface area is 226 Å². The van der Waals surface area contributed by atoms with Crippen molar-refractivity contribution >= 4 is 17.8 Å². The van der Waals surface area contributed by atoms with Crippen LogP contribution in [0.15, 0.2) is 86.0 Å². The van der Waals surface area contributed by atoms with Gasteiger partial charge in [0.2, 0.25) is 11.8 Å². The smallest absolute Gasteiger partial charge is 0.309 e. The summed E-state index contributed by atoms with van der Waals surface area (Å²) in [5.74, 6) is -1.99. The van der Waals surface area contributed by atoms with Gasteiger partial charge < -0.3 is 20.5 Å². The van der Waals surface area contributed by atoms with Crippen molar-refractivity contribution in [2.45, 2.75) is 51.1 Å². The predicted molar refractivity (Wildman–Crippen MR) is 149 cm³/mol. The predicted octanol–water partition coefficient (Wildman–Crippen LogP) is 4.29. The second kappa shape index (κ2) is 16.9. The van der Waals surface area contributed by atoms with E-state index in [4.69, 9.17) is 4.74 Å². The summed E-state index contributed by atoms with van der Waals surface area (Å²) in [5.41, 5.74) is 1.84. The zero-order valence-corrected chi connectivity index (χ0v) is 22.2. The lowest BCUT2D eigenvalue weighted by Gasteiger charge is -2.24. The molecule has 0 bridgehead atoms. The summed E-state index contributed by atoms with van der Waals surface area (Å²) < 4.78 is 5.76. The fourth-order valence-corrected chi connectivity index (χ4v) is 4.09. The van der Waals surface area contributed by atoms with E-state index in [1.807, 2.05) is 60.7 Å². The van der Waals surface area contributed by atoms with Gasteiger partial charge >= 0.3 is 5.97 Å². The molecular formula is C31H40N2O5. The number of aliphatic hydroxyl groups excluding tert-OH is 1. The first kappa shape index (κ1) is 30.5. The second-order valence-electron chi connectivity index (χ2n) is 9.43. The largest absolute Gasteiger partial charge is 0.463 e. The van der Waals surface area contributed by atoms with E-state index in [0.717, 1.165) is 11.1 Å². The summed E-state index contributed by atoms with van der Waals surface area (Å²) in [6, 6.07) is 18.1. The zero-order valence-electron chi connectivity index (χ0n) is 22.2. The summed E-state index contributed by atoms with van der Waals surface area (Å²) in [4.78, 5) is 38.7. The Morgan fingerprint density at radius 1 is 0.947 bits per heavy atom. The highest BCUT2D eigenvalue weighted by Gasteiger charge is 2.27. The van der Waals surface area contributed by atoms with Gasteiger partial charge in [0.05, 0.1) is 24.5 Å². The molecule has 0 aliphatic rings. The van der Waals surface area contributed by atoms with Crippen LogP contribution in [0.2, 0.25) is 0 Å². The van der Waals surface area contributed by atoms with Gasteiger partial charge in [0.15, 0.2) is 0 Å². The molecule has 2 rings (SSSR count). The molecule has 7 heteroatoms. The summed E-state index contributed by atoms with van der Waals surface area (Å²) in [6.07, 6.45) is 5.49. The normalized spacial score (nSPS) is 13.8. The third kappa shape index (κ3) is 10.7. The molecule has 38 heavy (non-hydrogen) atoms. The fourth-order valence-electron chi connectivity index (χ4n) is 4.09. The van der Waals surface area contributed by atoms with Crippen LogP contribution in [0.3, 0.4) is 0 Å². The molecule has 0 fully saturated rings. The number of allylic oxidation sites excluding steroid dienone is 2. The molecule has 2 aromatic rings. The van der Waals surface area contributed by atoms with Crippen LogP contribution < -0.4 is 10.6 Å². The van der Waals surface area contributed by atoms with Crippen LogP contribution in [-0.4, -0.2) is 42.1 Å². The van der Waals surface area contributed by atoms with Crippen molar-refractivity contribution in [3.8, 4) is 0 Å². The van der Waals surface area contributed by atoms with E-state index < -0.39 is 18.0 Å². The number of carbonyl (C=O) groups excluding carboxylic acids is 3. The maximum Gasteiger partial charge on any atom is 0.309 e. The minimum atomic E-state index is -0.654. The molecule has 0 saturated heterocycles. The molecule has 3 N–H and O–H groups in total. The van der Waals surface area contributed by atoms with Crippen LogP contribution in [-0.2, 0) is 25.5 Å². The SMILES string of the molecule is C=CCC[C@H](Cc1ccccc1)C(=O)OC[C@H](NC(=O)[C@H](CC=C)CC(=O)N[C@@H](C)CO)c1ccccc1. The van der Waals surface area contributed by atoms with E-state index >= 15 is 0 Å². The van der Waals surface area contributed by atoms with Gasteiger partial charge in [-0.05, 0) is 43.7 Å². The van der Waals surface area contributed by atoms with Gasteiger partial charge in [-0.3, -0.25) is 14.4 Å². The van der Waals surface area contributed by atoms with Gasteiger partial charge in [-0.25, -0.2) is 0 Å². The minimum Gasteiger partial charge on any atom is -0.463 e. The number of nitrogens with one attached hydrogen (secondary N) is 2. The molecule has 204 valence electrons. The van der Waals surface area contributed by atoms with Gasteiger partial charge in [-0.2, -0.15) is 0 Å². The molecule has 2 aromatic carbocycles. The van der Waals surface area contributed by atoms with Crippen molar-refractivity contribution in [3.63, 3.8) is 0 Å². The lowest BCUT2D eigenvalue weighted by molar-refractivity contribution is -0.150. The van der Waals surface area contributed by atoms with E-state index in [-0.39, 0.29) is 43.3 Å². The van der Waals surface area contributed by atoms with Crippen LogP contribution in [0.4, 0.5) is 0 Å². The first-order valence-electron chi connectivity index (χ1n) is 13.1. The van der Waals surface area contributed by atoms with E-state index in [1.54, 1.807) is 19.1 Å². The molecule has 0 heterocycles. The Hall–Kier alpha value is -3.71. The van der Waals surface area contributed by atoms with Crippen molar-refractivity contribution in [1.82, 2.24) is 10.6 Å². The summed E-state index contributed by atoms with van der Waals surface area (Å²) in [7, 11) is 0. The van der Waals surface area contributed by atoms with Crippen LogP contribution in [0.25, 0.3) is 0 Å². The number of aliphatic hydroxyl groups is 1.